The molecule has 2 unspecified atom stereocenters. The van der Waals surface area contributed by atoms with Crippen LogP contribution in [0.15, 0.2) is 16.5 Å². The molecule has 6 nitrogen and oxygen atoms in total. The molecule has 2 aliphatic rings. The smallest absolute Gasteiger partial charge is 0.300 e. The highest BCUT2D eigenvalue weighted by Crippen LogP contribution is 2.29. The first-order chi connectivity index (χ1) is 9.78. The lowest BCUT2D eigenvalue weighted by Crippen LogP contribution is -2.52. The van der Waals surface area contributed by atoms with E-state index >= 15 is 0 Å². The fourth-order valence-electron chi connectivity index (χ4n) is 3.23. The van der Waals surface area contributed by atoms with Crippen molar-refractivity contribution < 1.29 is 13.9 Å². The van der Waals surface area contributed by atoms with Crippen LogP contribution in [0.5, 0.6) is 0 Å². The van der Waals surface area contributed by atoms with Crippen molar-refractivity contribution in [2.45, 2.75) is 44.4 Å². The van der Waals surface area contributed by atoms with Crippen LogP contribution in [0.25, 0.3) is 0 Å². The Bertz CT molecular complexity index is 472. The van der Waals surface area contributed by atoms with Crippen molar-refractivity contribution in [3.05, 3.63) is 23.7 Å². The lowest BCUT2D eigenvalue weighted by molar-refractivity contribution is -0.0926. The molecule has 1 aromatic rings. The summed E-state index contributed by atoms with van der Waals surface area (Å²) in [5, 5.41) is 0. The second-order valence-corrected chi connectivity index (χ2v) is 5.47. The van der Waals surface area contributed by atoms with E-state index in [1.165, 1.54) is 19.3 Å². The van der Waals surface area contributed by atoms with Crippen molar-refractivity contribution in [1.29, 1.82) is 0 Å². The Balaban J connectivity index is 1.67. The number of carbonyl (C=O) groups excluding carboxylic acids is 1. The first kappa shape index (κ1) is 13.6. The van der Waals surface area contributed by atoms with Crippen LogP contribution < -0.4 is 11.3 Å². The fraction of sp³-hybridized carbons (Fsp3) is 0.643. The van der Waals surface area contributed by atoms with Crippen LogP contribution in [-0.4, -0.2) is 36.1 Å². The van der Waals surface area contributed by atoms with Gasteiger partial charge in [-0.05, 0) is 25.0 Å². The van der Waals surface area contributed by atoms with E-state index in [4.69, 9.17) is 15.0 Å². The molecule has 0 spiro atoms. The van der Waals surface area contributed by atoms with E-state index in [1.807, 2.05) is 6.07 Å². The predicted molar refractivity (Wildman–Crippen MR) is 72.8 cm³/mol. The minimum Gasteiger partial charge on any atom is -0.455 e. The number of nitrogens with two attached hydrogens (primary N) is 1. The van der Waals surface area contributed by atoms with Gasteiger partial charge in [-0.25, -0.2) is 5.84 Å². The summed E-state index contributed by atoms with van der Waals surface area (Å²) in [5.74, 6) is 5.76. The van der Waals surface area contributed by atoms with Crippen molar-refractivity contribution >= 4 is 5.91 Å². The summed E-state index contributed by atoms with van der Waals surface area (Å²) >= 11 is 0. The summed E-state index contributed by atoms with van der Waals surface area (Å²) in [4.78, 5) is 13.8. The van der Waals surface area contributed by atoms with Crippen LogP contribution in [0, 0.1) is 0 Å². The summed E-state index contributed by atoms with van der Waals surface area (Å²) in [6.07, 6.45) is 5.22. The van der Waals surface area contributed by atoms with E-state index in [0.29, 0.717) is 12.1 Å². The van der Waals surface area contributed by atoms with Gasteiger partial charge in [0.2, 0.25) is 0 Å². The predicted octanol–water partition coefficient (Wildman–Crippen LogP) is 1.03. The van der Waals surface area contributed by atoms with Gasteiger partial charge in [-0.1, -0.05) is 12.8 Å². The van der Waals surface area contributed by atoms with E-state index in [-0.39, 0.29) is 5.76 Å². The van der Waals surface area contributed by atoms with Crippen molar-refractivity contribution in [3.8, 4) is 0 Å². The molecule has 0 bridgehead atoms. The molecule has 110 valence electrons. The highest BCUT2D eigenvalue weighted by molar-refractivity contribution is 5.90. The Morgan fingerprint density at radius 2 is 2.25 bits per heavy atom. The van der Waals surface area contributed by atoms with Gasteiger partial charge in [-0.15, -0.1) is 0 Å². The van der Waals surface area contributed by atoms with Gasteiger partial charge in [0.25, 0.3) is 0 Å². The third-order valence-electron chi connectivity index (χ3n) is 4.22. The van der Waals surface area contributed by atoms with Gasteiger partial charge in [0.05, 0.1) is 19.3 Å². The van der Waals surface area contributed by atoms with Crippen LogP contribution in [0.1, 0.15) is 42.0 Å². The lowest BCUT2D eigenvalue weighted by Gasteiger charge is -2.43. The fourth-order valence-corrected chi connectivity index (χ4v) is 3.23. The minimum absolute atomic E-state index is 0.260. The van der Waals surface area contributed by atoms with Crippen molar-refractivity contribution in [3.63, 3.8) is 0 Å². The molecule has 0 aromatic carbocycles. The Morgan fingerprint density at radius 1 is 1.40 bits per heavy atom. The molecule has 3 rings (SSSR count). The molecule has 6 heteroatoms. The first-order valence-electron chi connectivity index (χ1n) is 7.23. The zero-order chi connectivity index (χ0) is 13.9. The maximum absolute atomic E-state index is 11.4. The van der Waals surface area contributed by atoms with Crippen molar-refractivity contribution in [1.82, 2.24) is 10.3 Å². The number of fused-ring (bicyclic) bond motifs is 1. The molecular formula is C14H21N3O3. The largest absolute Gasteiger partial charge is 0.455 e. The highest BCUT2D eigenvalue weighted by atomic mass is 16.5. The average Bonchev–Trinajstić information content (AvgIpc) is 2.95. The number of furan rings is 1. The number of morpholine rings is 1. The number of ether oxygens (including phenoxy) is 1. The third kappa shape index (κ3) is 2.72. The number of carbonyl (C=O) groups is 1. The lowest BCUT2D eigenvalue weighted by atomic mass is 9.90. The van der Waals surface area contributed by atoms with Crippen molar-refractivity contribution in [2.24, 2.45) is 5.84 Å². The Morgan fingerprint density at radius 3 is 3.10 bits per heavy atom. The second-order valence-electron chi connectivity index (χ2n) is 5.47. The van der Waals surface area contributed by atoms with Gasteiger partial charge >= 0.3 is 5.91 Å². The van der Waals surface area contributed by atoms with E-state index in [1.54, 1.807) is 6.07 Å². The molecular weight excluding hydrogens is 258 g/mol. The summed E-state index contributed by atoms with van der Waals surface area (Å²) < 4.78 is 11.4. The average molecular weight is 279 g/mol. The van der Waals surface area contributed by atoms with Crippen LogP contribution in [0.3, 0.4) is 0 Å². The maximum Gasteiger partial charge on any atom is 0.300 e. The summed E-state index contributed by atoms with van der Waals surface area (Å²) in [6, 6.07) is 3.99. The van der Waals surface area contributed by atoms with E-state index in [2.05, 4.69) is 10.3 Å². The van der Waals surface area contributed by atoms with Gasteiger partial charge in [-0.3, -0.25) is 15.1 Å². The third-order valence-corrected chi connectivity index (χ3v) is 4.22. The monoisotopic (exact) mass is 279 g/mol. The molecule has 2 heterocycles. The molecule has 1 aliphatic heterocycles. The molecule has 1 saturated carbocycles. The number of hydrazine groups is 1. The molecule has 1 saturated heterocycles. The number of hydrogen-bond donors (Lipinski definition) is 2. The Kier molecular flexibility index (Phi) is 4.05. The number of hydrogen-bond acceptors (Lipinski definition) is 5. The molecule has 0 radical (unpaired) electrons. The van der Waals surface area contributed by atoms with Gasteiger partial charge < -0.3 is 9.15 Å². The van der Waals surface area contributed by atoms with Crippen LogP contribution >= 0.6 is 0 Å². The summed E-state index contributed by atoms with van der Waals surface area (Å²) in [7, 11) is 0. The normalized spacial score (nSPS) is 27.1. The topological polar surface area (TPSA) is 80.7 Å². The first-order valence-corrected chi connectivity index (χ1v) is 7.23. The van der Waals surface area contributed by atoms with Crippen LogP contribution in [-0.2, 0) is 11.3 Å². The van der Waals surface area contributed by atoms with Crippen molar-refractivity contribution in [2.75, 3.05) is 13.2 Å². The standard InChI is InChI=1S/C14H21N3O3/c15-16-14(18)13-6-5-10(20-13)9-17-7-8-19-12-4-2-1-3-11(12)17/h5-6,11-12H,1-4,7-9,15H2,(H,16,18). The van der Waals surface area contributed by atoms with Crippen LogP contribution in [0.4, 0.5) is 0 Å². The quantitative estimate of drug-likeness (QED) is 0.490. The Hall–Kier alpha value is -1.37. The molecule has 2 atom stereocenters. The highest BCUT2D eigenvalue weighted by Gasteiger charge is 2.34. The number of rotatable bonds is 3. The van der Waals surface area contributed by atoms with Gasteiger partial charge in [-0.2, -0.15) is 0 Å². The number of amides is 1. The zero-order valence-corrected chi connectivity index (χ0v) is 11.5. The second kappa shape index (κ2) is 5.95. The van der Waals surface area contributed by atoms with E-state index in [0.717, 1.165) is 31.9 Å². The summed E-state index contributed by atoms with van der Waals surface area (Å²) in [5.41, 5.74) is 2.08. The maximum atomic E-state index is 11.4. The number of nitrogens with one attached hydrogen (secondary N) is 1. The van der Waals surface area contributed by atoms with E-state index in [9.17, 15) is 4.79 Å². The van der Waals surface area contributed by atoms with E-state index < -0.39 is 5.91 Å². The number of nitrogen functional groups attached to an aromatic ring is 1. The summed E-state index contributed by atoms with van der Waals surface area (Å²) in [6.45, 7) is 2.42. The minimum atomic E-state index is -0.395. The van der Waals surface area contributed by atoms with Crippen LogP contribution in [0.2, 0.25) is 0 Å². The SMILES string of the molecule is NNC(=O)c1ccc(CN2CCOC3CCCCC32)o1. The molecule has 1 aromatic heterocycles. The number of nitrogens with zero attached hydrogens (tertiary/aromatic N) is 1. The Labute approximate surface area is 118 Å². The molecule has 1 amide bonds. The zero-order valence-electron chi connectivity index (χ0n) is 11.5. The molecule has 20 heavy (non-hydrogen) atoms. The van der Waals surface area contributed by atoms with Gasteiger partial charge in [0, 0.05) is 12.6 Å². The molecule has 3 N–H and O–H groups in total. The molecule has 2 fully saturated rings. The van der Waals surface area contributed by atoms with Gasteiger partial charge in [0.1, 0.15) is 5.76 Å². The van der Waals surface area contributed by atoms with Gasteiger partial charge in [0.15, 0.2) is 5.76 Å². The molecule has 1 aliphatic carbocycles.